The second-order valence-corrected chi connectivity index (χ2v) is 1.71. The van der Waals surface area contributed by atoms with Crippen LogP contribution in [0.2, 0.25) is 0 Å². The predicted octanol–water partition coefficient (Wildman–Crippen LogP) is 2.91. The lowest BCUT2D eigenvalue weighted by atomic mass is 10.2. The first-order chi connectivity index (χ1) is 3.41. The van der Waals surface area contributed by atoms with Crippen LogP contribution in [-0.2, 0) is 0 Å². The third kappa shape index (κ3) is 9.20. The lowest BCUT2D eigenvalue weighted by Crippen LogP contribution is -1.63. The van der Waals surface area contributed by atoms with Crippen LogP contribution in [-0.4, -0.2) is 0 Å². The Kier molecular flexibility index (Phi) is 13.1. The fourth-order valence-corrected chi connectivity index (χ4v) is 0.489. The Hall–Kier alpha value is -0.300. The van der Waals surface area contributed by atoms with Gasteiger partial charge in [-0.15, -0.1) is 0 Å². The van der Waals surface area contributed by atoms with Gasteiger partial charge < -0.3 is 6.15 Å². The van der Waals surface area contributed by atoms with Gasteiger partial charge in [0.15, 0.2) is 0 Å². The highest BCUT2D eigenvalue weighted by Gasteiger charge is 1.73. The monoisotopic (exact) mass is 115 g/mol. The molecule has 0 fully saturated rings. The Labute approximate surface area is 52.4 Å². The van der Waals surface area contributed by atoms with Gasteiger partial charge in [-0.3, -0.25) is 0 Å². The van der Waals surface area contributed by atoms with Crippen LogP contribution < -0.4 is 6.15 Å². The molecule has 8 heavy (non-hydrogen) atoms. The fourth-order valence-electron chi connectivity index (χ4n) is 0.489. The second kappa shape index (κ2) is 9.85. The maximum absolute atomic E-state index is 2.21. The van der Waals surface area contributed by atoms with E-state index < -0.39 is 0 Å². The van der Waals surface area contributed by atoms with E-state index in [-0.39, 0.29) is 6.15 Å². The average molecular weight is 115 g/mol. The van der Waals surface area contributed by atoms with E-state index in [9.17, 15) is 0 Å². The smallest absolute Gasteiger partial charge is 0.0351 e. The molecule has 0 aromatic rings. The number of rotatable bonds is 3. The summed E-state index contributed by atoms with van der Waals surface area (Å²) in [6.07, 6.45) is 8.22. The Morgan fingerprint density at radius 1 is 1.38 bits per heavy atom. The van der Waals surface area contributed by atoms with Crippen molar-refractivity contribution in [2.24, 2.45) is 0 Å². The van der Waals surface area contributed by atoms with Gasteiger partial charge in [-0.2, -0.15) is 0 Å². The van der Waals surface area contributed by atoms with Gasteiger partial charge in [-0.1, -0.05) is 31.9 Å². The van der Waals surface area contributed by atoms with Crippen molar-refractivity contribution in [3.05, 3.63) is 12.2 Å². The molecule has 0 bridgehead atoms. The van der Waals surface area contributed by atoms with Crippen molar-refractivity contribution in [1.29, 1.82) is 0 Å². The first kappa shape index (κ1) is 10.6. The van der Waals surface area contributed by atoms with Crippen LogP contribution in [0.25, 0.3) is 0 Å². The van der Waals surface area contributed by atoms with Crippen molar-refractivity contribution < 1.29 is 0 Å². The van der Waals surface area contributed by atoms with Crippen LogP contribution in [0, 0.1) is 0 Å². The third-order valence-corrected chi connectivity index (χ3v) is 0.960. The quantitative estimate of drug-likeness (QED) is 0.445. The first-order valence-electron chi connectivity index (χ1n) is 3.03. The summed E-state index contributed by atoms with van der Waals surface area (Å²) in [5.74, 6) is 0. The highest BCUT2D eigenvalue weighted by Crippen LogP contribution is 1.93. The summed E-state index contributed by atoms with van der Waals surface area (Å²) in [6.45, 7) is 4.28. The predicted molar refractivity (Wildman–Crippen MR) is 39.4 cm³/mol. The molecule has 0 aliphatic carbocycles. The van der Waals surface area contributed by atoms with E-state index in [1.54, 1.807) is 0 Å². The average Bonchev–Trinajstić information content (AvgIpc) is 1.69. The molecule has 1 heteroatoms. The highest BCUT2D eigenvalue weighted by atomic mass is 14.0. The molecule has 0 unspecified atom stereocenters. The van der Waals surface area contributed by atoms with Gasteiger partial charge in [0.2, 0.25) is 0 Å². The van der Waals surface area contributed by atoms with Gasteiger partial charge in [0, 0.05) is 0 Å². The molecular formula is C7H17N. The molecule has 0 aromatic heterocycles. The topological polar surface area (TPSA) is 35.0 Å². The maximum Gasteiger partial charge on any atom is -0.0351 e. The normalized spacial score (nSPS) is 9.25. The summed E-state index contributed by atoms with van der Waals surface area (Å²) >= 11 is 0. The van der Waals surface area contributed by atoms with Gasteiger partial charge >= 0.3 is 0 Å². The Morgan fingerprint density at radius 2 is 2.00 bits per heavy atom. The zero-order chi connectivity index (χ0) is 5.54. The lowest BCUT2D eigenvalue weighted by Gasteiger charge is -1.83. The molecule has 3 N–H and O–H groups in total. The van der Waals surface area contributed by atoms with Crippen molar-refractivity contribution >= 4 is 0 Å². The molecule has 1 nitrogen and oxygen atoms in total. The molecule has 0 heterocycles. The van der Waals surface area contributed by atoms with Crippen LogP contribution in [0.4, 0.5) is 0 Å². The number of hydrogen-bond donors (Lipinski definition) is 1. The van der Waals surface area contributed by atoms with Gasteiger partial charge in [-0.25, -0.2) is 0 Å². The van der Waals surface area contributed by atoms with E-state index in [1.165, 1.54) is 19.3 Å². The summed E-state index contributed by atoms with van der Waals surface area (Å²) in [4.78, 5) is 0. The van der Waals surface area contributed by atoms with Crippen molar-refractivity contribution in [2.45, 2.75) is 33.1 Å². The van der Waals surface area contributed by atoms with Crippen molar-refractivity contribution in [1.82, 2.24) is 6.15 Å². The van der Waals surface area contributed by atoms with Gasteiger partial charge in [0.05, 0.1) is 0 Å². The molecule has 50 valence electrons. The molecule has 0 saturated carbocycles. The van der Waals surface area contributed by atoms with Crippen LogP contribution in [0.3, 0.4) is 0 Å². The van der Waals surface area contributed by atoms with Crippen LogP contribution in [0.5, 0.6) is 0 Å². The Morgan fingerprint density at radius 3 is 2.38 bits per heavy atom. The van der Waals surface area contributed by atoms with Crippen LogP contribution in [0.15, 0.2) is 12.2 Å². The molecule has 0 aliphatic heterocycles. The summed E-state index contributed by atoms with van der Waals surface area (Å²) in [5, 5.41) is 0. The van der Waals surface area contributed by atoms with E-state index in [0.717, 1.165) is 0 Å². The van der Waals surface area contributed by atoms with Gasteiger partial charge in [-0.05, 0) is 13.3 Å². The molecule has 0 atom stereocenters. The Bertz CT molecular complexity index is 48.3. The van der Waals surface area contributed by atoms with Crippen molar-refractivity contribution in [3.63, 3.8) is 0 Å². The molecule has 0 saturated heterocycles. The summed E-state index contributed by atoms with van der Waals surface area (Å²) in [5.41, 5.74) is 0. The minimum Gasteiger partial charge on any atom is -0.344 e. The van der Waals surface area contributed by atoms with Crippen LogP contribution in [0.1, 0.15) is 33.1 Å². The van der Waals surface area contributed by atoms with Crippen molar-refractivity contribution in [2.75, 3.05) is 0 Å². The van der Waals surface area contributed by atoms with E-state index in [0.29, 0.717) is 0 Å². The summed E-state index contributed by atoms with van der Waals surface area (Å²) < 4.78 is 0. The lowest BCUT2D eigenvalue weighted by molar-refractivity contribution is 0.814. The molecular weight excluding hydrogens is 98.1 g/mol. The first-order valence-corrected chi connectivity index (χ1v) is 3.03. The zero-order valence-corrected chi connectivity index (χ0v) is 5.98. The molecule has 0 rings (SSSR count). The van der Waals surface area contributed by atoms with E-state index >= 15 is 0 Å². The molecule has 0 aliphatic rings. The maximum atomic E-state index is 2.21. The number of allylic oxidation sites excluding steroid dienone is 2. The standard InChI is InChI=1S/C7H14.H3N/c1-3-5-7-6-4-2;/h3,5H,4,6-7H2,1-2H3;1H3. The number of unbranched alkanes of at least 4 members (excludes halogenated alkanes) is 2. The van der Waals surface area contributed by atoms with E-state index in [4.69, 9.17) is 0 Å². The minimum atomic E-state index is 0. The molecule has 0 aromatic carbocycles. The van der Waals surface area contributed by atoms with Crippen LogP contribution >= 0.6 is 0 Å². The van der Waals surface area contributed by atoms with Gasteiger partial charge in [0.1, 0.15) is 0 Å². The summed E-state index contributed by atoms with van der Waals surface area (Å²) in [6, 6.07) is 0. The highest BCUT2D eigenvalue weighted by molar-refractivity contribution is 4.75. The Balaban J connectivity index is 0. The SMILES string of the molecule is CC=CCCCC.N. The summed E-state index contributed by atoms with van der Waals surface area (Å²) in [7, 11) is 0. The minimum absolute atomic E-state index is 0. The molecule has 0 amide bonds. The van der Waals surface area contributed by atoms with E-state index in [1.807, 2.05) is 0 Å². The number of hydrogen-bond acceptors (Lipinski definition) is 1. The molecule has 0 radical (unpaired) electrons. The zero-order valence-electron chi connectivity index (χ0n) is 5.98. The fraction of sp³-hybridized carbons (Fsp3) is 0.714. The van der Waals surface area contributed by atoms with Crippen molar-refractivity contribution in [3.8, 4) is 0 Å². The second-order valence-electron chi connectivity index (χ2n) is 1.71. The van der Waals surface area contributed by atoms with Gasteiger partial charge in [0.25, 0.3) is 0 Å². The molecule has 0 spiro atoms. The largest absolute Gasteiger partial charge is 0.344 e. The third-order valence-electron chi connectivity index (χ3n) is 0.960. The van der Waals surface area contributed by atoms with E-state index in [2.05, 4.69) is 26.0 Å².